The smallest absolute Gasteiger partial charge is 0.407 e. The first-order valence-corrected chi connectivity index (χ1v) is 23.6. The third-order valence-electron chi connectivity index (χ3n) is 11.6. The first kappa shape index (κ1) is 42.3. The van der Waals surface area contributed by atoms with E-state index in [1.165, 1.54) is 25.2 Å². The van der Waals surface area contributed by atoms with Gasteiger partial charge in [-0.2, -0.15) is 0 Å². The maximum Gasteiger partial charge on any atom is 0.407 e. The van der Waals surface area contributed by atoms with E-state index in [2.05, 4.69) is 38.7 Å². The molecule has 2 fully saturated rings. The normalized spacial score (nSPS) is 19.9. The molecular formula is C43H52F2N8O6Si. The monoisotopic (exact) mass is 842 g/mol. The van der Waals surface area contributed by atoms with Gasteiger partial charge in [0.1, 0.15) is 35.7 Å². The molecule has 318 valence electrons. The SMILES string of the molecule is COC(=O)N[C@H](C(=O)N1C[Si](C)(C)CC1c1ncc(-c2ccc(-c3ccc4c(ccc5[nH]c([C@@H]6CC(F)CN6C(=O)[C@@H](NC(=O)OC)C(C)C)nc54)c3)c(F)c2)[nH]1)C(C)C. The van der Waals surface area contributed by atoms with Gasteiger partial charge in [0.15, 0.2) is 0 Å². The summed E-state index contributed by atoms with van der Waals surface area (Å²) in [6.45, 7) is 11.7. The van der Waals surface area contributed by atoms with Crippen molar-refractivity contribution in [3.05, 3.63) is 72.2 Å². The number of carbonyl (C=O) groups is 4. The molecule has 3 aromatic carbocycles. The molecule has 5 aromatic rings. The molecule has 14 nitrogen and oxygen atoms in total. The summed E-state index contributed by atoms with van der Waals surface area (Å²) in [7, 11) is 0.650. The quantitative estimate of drug-likeness (QED) is 0.105. The van der Waals surface area contributed by atoms with E-state index in [-0.39, 0.29) is 36.8 Å². The summed E-state index contributed by atoms with van der Waals surface area (Å²) in [6, 6.07) is 12.5. The number of alkyl halides is 1. The van der Waals surface area contributed by atoms with Crippen LogP contribution < -0.4 is 10.6 Å². The second-order valence-corrected chi connectivity index (χ2v) is 22.4. The van der Waals surface area contributed by atoms with Crippen LogP contribution in [0, 0.1) is 17.7 Å². The number of halogens is 2. The van der Waals surface area contributed by atoms with Gasteiger partial charge >= 0.3 is 12.2 Å². The Morgan fingerprint density at radius 2 is 1.48 bits per heavy atom. The van der Waals surface area contributed by atoms with Gasteiger partial charge in [-0.15, -0.1) is 0 Å². The highest BCUT2D eigenvalue weighted by Gasteiger charge is 2.46. The number of likely N-dealkylation sites (tertiary alicyclic amines) is 1. The first-order chi connectivity index (χ1) is 28.5. The van der Waals surface area contributed by atoms with Crippen LogP contribution in [0.2, 0.25) is 19.1 Å². The Morgan fingerprint density at radius 3 is 2.12 bits per heavy atom. The number of aromatic amines is 2. The zero-order valence-electron chi connectivity index (χ0n) is 35.1. The number of carbonyl (C=O) groups excluding carboxylic acids is 4. The average molecular weight is 843 g/mol. The maximum atomic E-state index is 16.0. The molecule has 2 aliphatic rings. The Morgan fingerprint density at radius 1 is 0.833 bits per heavy atom. The molecular weight excluding hydrogens is 791 g/mol. The van der Waals surface area contributed by atoms with Gasteiger partial charge in [-0.25, -0.2) is 28.3 Å². The molecule has 2 aliphatic heterocycles. The summed E-state index contributed by atoms with van der Waals surface area (Å²) in [4.78, 5) is 71.1. The highest BCUT2D eigenvalue weighted by Crippen LogP contribution is 2.40. The van der Waals surface area contributed by atoms with Crippen molar-refractivity contribution in [1.29, 1.82) is 0 Å². The molecule has 5 atom stereocenters. The van der Waals surface area contributed by atoms with Crippen LogP contribution in [0.1, 0.15) is 57.8 Å². The Bertz CT molecular complexity index is 2450. The molecule has 4 heterocycles. The number of alkyl carbamates (subject to hydrolysis) is 2. The van der Waals surface area contributed by atoms with Crippen LogP contribution in [0.4, 0.5) is 18.4 Å². The van der Waals surface area contributed by atoms with Gasteiger partial charge in [0, 0.05) is 29.1 Å². The molecule has 60 heavy (non-hydrogen) atoms. The van der Waals surface area contributed by atoms with E-state index in [1.807, 2.05) is 55.1 Å². The second-order valence-electron chi connectivity index (χ2n) is 17.3. The maximum absolute atomic E-state index is 16.0. The second kappa shape index (κ2) is 16.7. The van der Waals surface area contributed by atoms with Crippen molar-refractivity contribution in [3.63, 3.8) is 0 Å². The van der Waals surface area contributed by atoms with E-state index in [0.717, 1.165) is 16.8 Å². The van der Waals surface area contributed by atoms with Crippen molar-refractivity contribution >= 4 is 53.9 Å². The van der Waals surface area contributed by atoms with E-state index in [1.54, 1.807) is 26.1 Å². The van der Waals surface area contributed by atoms with Gasteiger partial charge in [0.2, 0.25) is 11.8 Å². The van der Waals surface area contributed by atoms with Crippen LogP contribution in [0.15, 0.2) is 54.7 Å². The number of H-pyrrole nitrogens is 2. The van der Waals surface area contributed by atoms with Crippen LogP contribution in [0.5, 0.6) is 0 Å². The summed E-state index contributed by atoms with van der Waals surface area (Å²) in [5.41, 5.74) is 3.60. The van der Waals surface area contributed by atoms with Gasteiger partial charge in [0.25, 0.3) is 0 Å². The summed E-state index contributed by atoms with van der Waals surface area (Å²) in [6.07, 6.45) is -0.357. The summed E-state index contributed by atoms with van der Waals surface area (Å²) in [5, 5.41) is 6.89. The fraction of sp³-hybridized carbons (Fsp3) is 0.442. The zero-order valence-corrected chi connectivity index (χ0v) is 36.1. The summed E-state index contributed by atoms with van der Waals surface area (Å²) >= 11 is 0. The van der Waals surface area contributed by atoms with E-state index in [9.17, 15) is 23.6 Å². The Labute approximate surface area is 347 Å². The molecule has 4 amide bonds. The lowest BCUT2D eigenvalue weighted by Crippen LogP contribution is -2.52. The lowest BCUT2D eigenvalue weighted by atomic mass is 9.98. The number of imidazole rings is 2. The van der Waals surface area contributed by atoms with Gasteiger partial charge in [0.05, 0.1) is 63.8 Å². The molecule has 2 unspecified atom stereocenters. The predicted molar refractivity (Wildman–Crippen MR) is 226 cm³/mol. The van der Waals surface area contributed by atoms with Crippen LogP contribution in [0.3, 0.4) is 0 Å². The third kappa shape index (κ3) is 8.31. The minimum absolute atomic E-state index is 0.0547. The molecule has 7 rings (SSSR count). The zero-order chi connectivity index (χ0) is 43.2. The van der Waals surface area contributed by atoms with Crippen LogP contribution in [-0.4, -0.2) is 107 Å². The number of methoxy groups -OCH3 is 2. The highest BCUT2D eigenvalue weighted by atomic mass is 28.3. The molecule has 0 aliphatic carbocycles. The number of hydrogen-bond acceptors (Lipinski definition) is 8. The number of nitrogens with one attached hydrogen (secondary N) is 4. The number of ether oxygens (including phenoxy) is 2. The molecule has 2 saturated heterocycles. The van der Waals surface area contributed by atoms with Crippen molar-refractivity contribution in [2.45, 2.75) is 83.6 Å². The van der Waals surface area contributed by atoms with Crippen molar-refractivity contribution in [1.82, 2.24) is 40.4 Å². The Balaban J connectivity index is 1.12. The molecule has 0 bridgehead atoms. The average Bonchev–Trinajstić information content (AvgIpc) is 4.02. The van der Waals surface area contributed by atoms with Gasteiger partial charge in [-0.1, -0.05) is 71.1 Å². The molecule has 0 spiro atoms. The van der Waals surface area contributed by atoms with E-state index >= 15 is 4.39 Å². The molecule has 0 saturated carbocycles. The Hall–Kier alpha value is -5.84. The van der Waals surface area contributed by atoms with Crippen LogP contribution >= 0.6 is 0 Å². The van der Waals surface area contributed by atoms with E-state index in [4.69, 9.17) is 14.5 Å². The highest BCUT2D eigenvalue weighted by molar-refractivity contribution is 6.78. The number of benzene rings is 3. The number of fused-ring (bicyclic) bond motifs is 3. The lowest BCUT2D eigenvalue weighted by Gasteiger charge is -2.30. The molecule has 17 heteroatoms. The molecule has 0 radical (unpaired) electrons. The van der Waals surface area contributed by atoms with Crippen molar-refractivity contribution < 1.29 is 37.4 Å². The van der Waals surface area contributed by atoms with E-state index in [0.29, 0.717) is 51.2 Å². The lowest BCUT2D eigenvalue weighted by molar-refractivity contribution is -0.136. The fourth-order valence-electron chi connectivity index (χ4n) is 8.50. The van der Waals surface area contributed by atoms with Gasteiger partial charge in [-0.3, -0.25) is 9.59 Å². The summed E-state index contributed by atoms with van der Waals surface area (Å²) < 4.78 is 40.5. The van der Waals surface area contributed by atoms with Crippen molar-refractivity contribution in [3.8, 4) is 22.4 Å². The topological polar surface area (TPSA) is 175 Å². The third-order valence-corrected chi connectivity index (χ3v) is 14.3. The van der Waals surface area contributed by atoms with Gasteiger partial charge < -0.3 is 39.9 Å². The van der Waals surface area contributed by atoms with Crippen LogP contribution in [-0.2, 0) is 19.1 Å². The van der Waals surface area contributed by atoms with Gasteiger partial charge in [-0.05, 0) is 47.0 Å². The largest absolute Gasteiger partial charge is 0.453 e. The fourth-order valence-corrected chi connectivity index (χ4v) is 11.4. The minimum Gasteiger partial charge on any atom is -0.453 e. The predicted octanol–water partition coefficient (Wildman–Crippen LogP) is 7.42. The number of amides is 4. The number of hydrogen-bond donors (Lipinski definition) is 4. The first-order valence-electron chi connectivity index (χ1n) is 20.2. The molecule has 2 aromatic heterocycles. The number of aromatic nitrogens is 4. The van der Waals surface area contributed by atoms with Crippen molar-refractivity contribution in [2.24, 2.45) is 11.8 Å². The number of nitrogens with zero attached hydrogens (tertiary/aromatic N) is 4. The summed E-state index contributed by atoms with van der Waals surface area (Å²) in [5.74, 6) is -0.431. The number of rotatable bonds is 10. The molecule has 4 N–H and O–H groups in total. The van der Waals surface area contributed by atoms with Crippen LogP contribution in [0.25, 0.3) is 44.2 Å². The Kier molecular flexibility index (Phi) is 11.7. The standard InChI is InChI=1S/C43H52F2N8O6Si/c1-22(2)35(50-42(56)58-5)40(54)52-19-27(44)17-33(52)39-47-31-14-11-25-15-24(9-13-29(25)37(31)49-39)28-12-10-26(16-30(28)45)32-18-46-38(48-32)34-20-60(7,8)21-53(34)41(55)36(23(3)4)51-43(57)59-6/h9-16,18,22-23,27,33-36H,17,19-21H2,1-8H3,(H,46,48)(H,47,49)(H,50,56)(H,51,57)/t27?,33-,34?,35-,36-/m0/s1. The van der Waals surface area contributed by atoms with Crippen molar-refractivity contribution in [2.75, 3.05) is 26.9 Å². The van der Waals surface area contributed by atoms with E-state index < -0.39 is 56.3 Å². The minimum atomic E-state index is -1.83.